The molecular formula is C18H22N2O2S. The van der Waals surface area contributed by atoms with Crippen molar-refractivity contribution >= 4 is 23.6 Å². The molecule has 1 N–H and O–H groups in total. The number of hydrogen-bond acceptors (Lipinski definition) is 3. The van der Waals surface area contributed by atoms with Crippen molar-refractivity contribution in [2.45, 2.75) is 31.2 Å². The molecule has 23 heavy (non-hydrogen) atoms. The first-order valence-electron chi connectivity index (χ1n) is 8.45. The van der Waals surface area contributed by atoms with Gasteiger partial charge in [-0.3, -0.25) is 9.59 Å². The molecule has 0 bridgehead atoms. The molecule has 1 heterocycles. The number of benzene rings is 1. The van der Waals surface area contributed by atoms with Crippen molar-refractivity contribution in [2.75, 3.05) is 18.2 Å². The third-order valence-corrected chi connectivity index (χ3v) is 6.08. The van der Waals surface area contributed by atoms with Gasteiger partial charge in [0, 0.05) is 18.2 Å². The highest BCUT2D eigenvalue weighted by atomic mass is 32.2. The van der Waals surface area contributed by atoms with Crippen LogP contribution in [0.3, 0.4) is 0 Å². The van der Waals surface area contributed by atoms with Crippen LogP contribution in [-0.4, -0.2) is 40.9 Å². The molecule has 5 heteroatoms. The maximum Gasteiger partial charge on any atom is 0.243 e. The van der Waals surface area contributed by atoms with Crippen LogP contribution in [0, 0.1) is 11.8 Å². The largest absolute Gasteiger partial charge is 0.354 e. The second-order valence-electron chi connectivity index (χ2n) is 6.87. The van der Waals surface area contributed by atoms with E-state index in [-0.39, 0.29) is 23.8 Å². The second kappa shape index (κ2) is 6.19. The molecule has 1 aromatic carbocycles. The highest BCUT2D eigenvalue weighted by Gasteiger charge is 2.48. The zero-order valence-corrected chi connectivity index (χ0v) is 13.9. The van der Waals surface area contributed by atoms with Crippen molar-refractivity contribution in [1.82, 2.24) is 10.2 Å². The van der Waals surface area contributed by atoms with Gasteiger partial charge >= 0.3 is 0 Å². The smallest absolute Gasteiger partial charge is 0.243 e. The molecule has 2 aliphatic carbocycles. The van der Waals surface area contributed by atoms with E-state index in [4.69, 9.17) is 0 Å². The van der Waals surface area contributed by atoms with Crippen LogP contribution in [-0.2, 0) is 9.59 Å². The molecule has 122 valence electrons. The number of amides is 2. The summed E-state index contributed by atoms with van der Waals surface area (Å²) in [6, 6.07) is 9.96. The lowest BCUT2D eigenvalue weighted by Crippen LogP contribution is -2.48. The van der Waals surface area contributed by atoms with Crippen LogP contribution in [0.4, 0.5) is 0 Å². The number of carbonyl (C=O) groups is 2. The van der Waals surface area contributed by atoms with E-state index < -0.39 is 0 Å². The van der Waals surface area contributed by atoms with Crippen molar-refractivity contribution in [2.24, 2.45) is 11.8 Å². The van der Waals surface area contributed by atoms with E-state index in [0.717, 1.165) is 18.7 Å². The lowest BCUT2D eigenvalue weighted by molar-refractivity contribution is -0.139. The van der Waals surface area contributed by atoms with Crippen molar-refractivity contribution in [1.29, 1.82) is 0 Å². The summed E-state index contributed by atoms with van der Waals surface area (Å²) < 4.78 is 0. The van der Waals surface area contributed by atoms with Crippen LogP contribution in [0.2, 0.25) is 0 Å². The SMILES string of the molecule is O=C(NCC1CC1)[C@@H]1CSCN1C(=O)[C@H]1C[C@@H]1c1ccccc1. The van der Waals surface area contributed by atoms with E-state index in [1.807, 2.05) is 18.2 Å². The van der Waals surface area contributed by atoms with Crippen LogP contribution in [0.1, 0.15) is 30.7 Å². The molecule has 0 unspecified atom stereocenters. The summed E-state index contributed by atoms with van der Waals surface area (Å²) in [5, 5.41) is 3.03. The number of thioether (sulfide) groups is 1. The van der Waals surface area contributed by atoms with Gasteiger partial charge in [0.05, 0.1) is 5.88 Å². The molecule has 3 fully saturated rings. The Kier molecular flexibility index (Phi) is 4.05. The molecule has 4 nitrogen and oxygen atoms in total. The summed E-state index contributed by atoms with van der Waals surface area (Å²) >= 11 is 1.68. The molecule has 1 aliphatic heterocycles. The molecule has 3 aliphatic rings. The van der Waals surface area contributed by atoms with E-state index in [2.05, 4.69) is 17.4 Å². The Hall–Kier alpha value is -1.49. The van der Waals surface area contributed by atoms with E-state index in [0.29, 0.717) is 17.7 Å². The molecule has 1 saturated heterocycles. The Morgan fingerprint density at radius 2 is 2.00 bits per heavy atom. The van der Waals surface area contributed by atoms with E-state index in [1.54, 1.807) is 16.7 Å². The Bertz CT molecular complexity index is 602. The molecule has 2 saturated carbocycles. The van der Waals surface area contributed by atoms with Crippen LogP contribution in [0.15, 0.2) is 30.3 Å². The molecule has 0 aromatic heterocycles. The minimum Gasteiger partial charge on any atom is -0.354 e. The molecule has 3 atom stereocenters. The zero-order chi connectivity index (χ0) is 15.8. The topological polar surface area (TPSA) is 49.4 Å². The summed E-state index contributed by atoms with van der Waals surface area (Å²) in [5.74, 6) is 2.65. The highest BCUT2D eigenvalue weighted by molar-refractivity contribution is 7.99. The molecule has 1 aromatic rings. The first-order chi connectivity index (χ1) is 11.2. The fourth-order valence-corrected chi connectivity index (χ4v) is 4.48. The predicted octanol–water partition coefficient (Wildman–Crippen LogP) is 2.22. The van der Waals surface area contributed by atoms with Gasteiger partial charge in [-0.05, 0) is 36.7 Å². The second-order valence-corrected chi connectivity index (χ2v) is 7.87. The average Bonchev–Trinajstić information content (AvgIpc) is 3.50. The molecule has 0 spiro atoms. The van der Waals surface area contributed by atoms with Gasteiger partial charge in [-0.25, -0.2) is 0 Å². The van der Waals surface area contributed by atoms with E-state index in [9.17, 15) is 9.59 Å². The quantitative estimate of drug-likeness (QED) is 0.900. The molecule has 0 radical (unpaired) electrons. The summed E-state index contributed by atoms with van der Waals surface area (Å²) in [4.78, 5) is 27.0. The van der Waals surface area contributed by atoms with E-state index in [1.165, 1.54) is 18.4 Å². The summed E-state index contributed by atoms with van der Waals surface area (Å²) in [5.41, 5.74) is 1.24. The average molecular weight is 330 g/mol. The first kappa shape index (κ1) is 15.1. The Morgan fingerprint density at radius 3 is 2.74 bits per heavy atom. The number of rotatable bonds is 5. The first-order valence-corrected chi connectivity index (χ1v) is 9.60. The lowest BCUT2D eigenvalue weighted by Gasteiger charge is -2.23. The van der Waals surface area contributed by atoms with Crippen molar-refractivity contribution < 1.29 is 9.59 Å². The standard InChI is InChI=1S/C18H22N2O2S/c21-17(19-9-12-6-7-12)16-10-23-11-20(16)18(22)15-8-14(15)13-4-2-1-3-5-13/h1-5,12,14-16H,6-11H2,(H,19,21)/t14-,15+,16+/m1/s1. The Labute approximate surface area is 141 Å². The number of hydrogen-bond donors (Lipinski definition) is 1. The maximum atomic E-state index is 12.8. The Morgan fingerprint density at radius 1 is 1.22 bits per heavy atom. The summed E-state index contributed by atoms with van der Waals surface area (Å²) in [7, 11) is 0. The van der Waals surface area contributed by atoms with Crippen molar-refractivity contribution in [3.63, 3.8) is 0 Å². The monoisotopic (exact) mass is 330 g/mol. The van der Waals surface area contributed by atoms with Crippen LogP contribution >= 0.6 is 11.8 Å². The van der Waals surface area contributed by atoms with Gasteiger partial charge in [0.1, 0.15) is 6.04 Å². The third kappa shape index (κ3) is 3.25. The normalized spacial score (nSPS) is 29.4. The van der Waals surface area contributed by atoms with Gasteiger partial charge in [0.15, 0.2) is 0 Å². The van der Waals surface area contributed by atoms with Gasteiger partial charge < -0.3 is 10.2 Å². The minimum absolute atomic E-state index is 0.0344. The molecule has 4 rings (SSSR count). The number of carbonyl (C=O) groups excluding carboxylic acids is 2. The van der Waals surface area contributed by atoms with Gasteiger partial charge in [0.2, 0.25) is 11.8 Å². The number of nitrogens with zero attached hydrogens (tertiary/aromatic N) is 1. The minimum atomic E-state index is -0.275. The lowest BCUT2D eigenvalue weighted by atomic mass is 10.1. The summed E-state index contributed by atoms with van der Waals surface area (Å²) in [6.45, 7) is 0.776. The van der Waals surface area contributed by atoms with Crippen LogP contribution in [0.5, 0.6) is 0 Å². The van der Waals surface area contributed by atoms with E-state index >= 15 is 0 Å². The molecule has 2 amide bonds. The van der Waals surface area contributed by atoms with Gasteiger partial charge in [-0.15, -0.1) is 11.8 Å². The van der Waals surface area contributed by atoms with Crippen molar-refractivity contribution in [3.8, 4) is 0 Å². The summed E-state index contributed by atoms with van der Waals surface area (Å²) in [6.07, 6.45) is 3.37. The van der Waals surface area contributed by atoms with Crippen LogP contribution in [0.25, 0.3) is 0 Å². The zero-order valence-electron chi connectivity index (χ0n) is 13.1. The molecular weight excluding hydrogens is 308 g/mol. The fraction of sp³-hybridized carbons (Fsp3) is 0.556. The maximum absolute atomic E-state index is 12.8. The number of nitrogens with one attached hydrogen (secondary N) is 1. The van der Waals surface area contributed by atoms with Gasteiger partial charge in [-0.2, -0.15) is 0 Å². The Balaban J connectivity index is 1.36. The van der Waals surface area contributed by atoms with Crippen LogP contribution < -0.4 is 5.32 Å². The highest BCUT2D eigenvalue weighted by Crippen LogP contribution is 2.49. The third-order valence-electron chi connectivity index (χ3n) is 5.07. The van der Waals surface area contributed by atoms with Gasteiger partial charge in [0.25, 0.3) is 0 Å². The fourth-order valence-electron chi connectivity index (χ4n) is 3.31. The van der Waals surface area contributed by atoms with Crippen molar-refractivity contribution in [3.05, 3.63) is 35.9 Å². The van der Waals surface area contributed by atoms with Gasteiger partial charge in [-0.1, -0.05) is 30.3 Å². The predicted molar refractivity (Wildman–Crippen MR) is 91.0 cm³/mol.